The fourth-order valence-corrected chi connectivity index (χ4v) is 4.39. The number of carbonyl (C=O) groups is 2. The highest BCUT2D eigenvalue weighted by Gasteiger charge is 2.14. The van der Waals surface area contributed by atoms with Crippen LogP contribution in [0.5, 0.6) is 5.75 Å². The van der Waals surface area contributed by atoms with Crippen LogP contribution in [-0.4, -0.2) is 71.4 Å². The zero-order valence-corrected chi connectivity index (χ0v) is 19.2. The van der Waals surface area contributed by atoms with E-state index in [1.807, 2.05) is 46.7 Å². The number of piperazine rings is 1. The summed E-state index contributed by atoms with van der Waals surface area (Å²) >= 11 is 1.40. The minimum atomic E-state index is -0.114. The normalized spacial score (nSPS) is 14.1. The largest absolute Gasteiger partial charge is 0.494 e. The number of anilines is 1. The molecule has 0 radical (unpaired) electrons. The third kappa shape index (κ3) is 6.84. The summed E-state index contributed by atoms with van der Waals surface area (Å²) in [4.78, 5) is 35.9. The van der Waals surface area contributed by atoms with Crippen molar-refractivity contribution in [3.05, 3.63) is 59.7 Å². The zero-order valence-electron chi connectivity index (χ0n) is 18.4. The Morgan fingerprint density at radius 1 is 1.15 bits per heavy atom. The first-order valence-corrected chi connectivity index (χ1v) is 11.9. The van der Waals surface area contributed by atoms with E-state index in [1.165, 1.54) is 11.3 Å². The van der Waals surface area contributed by atoms with Crippen molar-refractivity contribution in [2.24, 2.45) is 0 Å². The molecule has 3 heterocycles. The summed E-state index contributed by atoms with van der Waals surface area (Å²) in [5.74, 6) is 0.651. The first kappa shape index (κ1) is 22.9. The predicted molar refractivity (Wildman–Crippen MR) is 128 cm³/mol. The Hall–Kier alpha value is -3.30. The average Bonchev–Trinajstić information content (AvgIpc) is 3.31. The smallest absolute Gasteiger partial charge is 0.230 e. The summed E-state index contributed by atoms with van der Waals surface area (Å²) in [5.41, 5.74) is 2.68. The summed E-state index contributed by atoms with van der Waals surface area (Å²) < 4.78 is 5.89. The second-order valence-corrected chi connectivity index (χ2v) is 8.69. The van der Waals surface area contributed by atoms with Gasteiger partial charge in [0.1, 0.15) is 5.75 Å². The molecule has 33 heavy (non-hydrogen) atoms. The molecule has 2 amide bonds. The van der Waals surface area contributed by atoms with Gasteiger partial charge in [0.25, 0.3) is 0 Å². The van der Waals surface area contributed by atoms with Gasteiger partial charge in [-0.1, -0.05) is 12.1 Å². The molecule has 1 N–H and O–H groups in total. The van der Waals surface area contributed by atoms with E-state index in [0.29, 0.717) is 11.7 Å². The molecular formula is C24H27N5O3S. The van der Waals surface area contributed by atoms with Crippen LogP contribution in [0.25, 0.3) is 11.3 Å². The van der Waals surface area contributed by atoms with Gasteiger partial charge in [-0.3, -0.25) is 19.5 Å². The van der Waals surface area contributed by atoms with Crippen LogP contribution in [0.15, 0.2) is 54.2 Å². The fourth-order valence-electron chi connectivity index (χ4n) is 3.65. The molecule has 0 unspecified atom stereocenters. The van der Waals surface area contributed by atoms with E-state index in [9.17, 15) is 9.59 Å². The van der Waals surface area contributed by atoms with Crippen LogP contribution >= 0.6 is 11.3 Å². The van der Waals surface area contributed by atoms with E-state index < -0.39 is 0 Å². The van der Waals surface area contributed by atoms with Crippen molar-refractivity contribution in [1.82, 2.24) is 19.8 Å². The van der Waals surface area contributed by atoms with Gasteiger partial charge in [-0.25, -0.2) is 4.98 Å². The number of nitrogens with one attached hydrogen (secondary N) is 1. The Kier molecular flexibility index (Phi) is 7.99. The van der Waals surface area contributed by atoms with E-state index in [0.717, 1.165) is 68.1 Å². The highest BCUT2D eigenvalue weighted by atomic mass is 32.1. The number of hydrogen-bond acceptors (Lipinski definition) is 7. The SMILES string of the molecule is O=CN1CCN(CCCOc2cccc(CC(=O)Nc3nc(-c4ccncc4)cs3)c2)CC1. The van der Waals surface area contributed by atoms with Crippen molar-refractivity contribution in [2.75, 3.05) is 44.6 Å². The number of hydrogen-bond donors (Lipinski definition) is 1. The molecule has 0 spiro atoms. The fraction of sp³-hybridized carbons (Fsp3) is 0.333. The molecule has 0 aliphatic carbocycles. The molecule has 0 atom stereocenters. The second-order valence-electron chi connectivity index (χ2n) is 7.83. The topological polar surface area (TPSA) is 87.7 Å². The van der Waals surface area contributed by atoms with E-state index in [-0.39, 0.29) is 12.3 Å². The molecule has 2 aromatic heterocycles. The molecule has 0 saturated carbocycles. The molecule has 0 bridgehead atoms. The number of aromatic nitrogens is 2. The monoisotopic (exact) mass is 465 g/mol. The predicted octanol–water partition coefficient (Wildman–Crippen LogP) is 2.93. The van der Waals surface area contributed by atoms with Crippen LogP contribution < -0.4 is 10.1 Å². The third-order valence-corrected chi connectivity index (χ3v) is 6.19. The molecule has 1 aliphatic rings. The van der Waals surface area contributed by atoms with Gasteiger partial charge >= 0.3 is 0 Å². The Balaban J connectivity index is 1.21. The van der Waals surface area contributed by atoms with E-state index >= 15 is 0 Å². The van der Waals surface area contributed by atoms with Crippen LogP contribution in [0, 0.1) is 0 Å². The zero-order chi connectivity index (χ0) is 22.9. The van der Waals surface area contributed by atoms with Crippen molar-refractivity contribution in [2.45, 2.75) is 12.8 Å². The summed E-state index contributed by atoms with van der Waals surface area (Å²) in [6.45, 7) is 4.96. The lowest BCUT2D eigenvalue weighted by Gasteiger charge is -2.32. The van der Waals surface area contributed by atoms with Crippen LogP contribution in [0.4, 0.5) is 5.13 Å². The Morgan fingerprint density at radius 2 is 1.97 bits per heavy atom. The summed E-state index contributed by atoms with van der Waals surface area (Å²) in [6.07, 6.45) is 5.53. The Labute approximate surface area is 197 Å². The van der Waals surface area contributed by atoms with Crippen molar-refractivity contribution >= 4 is 28.8 Å². The number of nitrogens with zero attached hydrogens (tertiary/aromatic N) is 4. The lowest BCUT2D eigenvalue weighted by Crippen LogP contribution is -2.46. The standard InChI is InChI=1S/C24H27N5O3S/c30-18-29-12-10-28(11-13-29)9-2-14-32-21-4-1-3-19(15-21)16-23(31)27-24-26-22(17-33-24)20-5-7-25-8-6-20/h1,3-8,15,17-18H,2,9-14,16H2,(H,26,27,31). The molecule has 8 nitrogen and oxygen atoms in total. The molecule has 1 saturated heterocycles. The number of carbonyl (C=O) groups excluding carboxylic acids is 2. The van der Waals surface area contributed by atoms with Crippen LogP contribution in [0.3, 0.4) is 0 Å². The van der Waals surface area contributed by atoms with Crippen molar-refractivity contribution in [1.29, 1.82) is 0 Å². The van der Waals surface area contributed by atoms with E-state index in [4.69, 9.17) is 4.74 Å². The van der Waals surface area contributed by atoms with Gasteiger partial charge in [0.15, 0.2) is 5.13 Å². The van der Waals surface area contributed by atoms with Gasteiger partial charge < -0.3 is 15.0 Å². The van der Waals surface area contributed by atoms with Gasteiger partial charge in [0.05, 0.1) is 18.7 Å². The first-order chi connectivity index (χ1) is 16.2. The molecule has 172 valence electrons. The Bertz CT molecular complexity index is 1050. The molecule has 9 heteroatoms. The maximum atomic E-state index is 12.5. The summed E-state index contributed by atoms with van der Waals surface area (Å²) in [6, 6.07) is 11.4. The lowest BCUT2D eigenvalue weighted by molar-refractivity contribution is -0.119. The van der Waals surface area contributed by atoms with E-state index in [1.54, 1.807) is 12.4 Å². The first-order valence-electron chi connectivity index (χ1n) is 11.0. The number of thiazole rings is 1. The van der Waals surface area contributed by atoms with Gasteiger partial charge in [-0.2, -0.15) is 0 Å². The van der Waals surface area contributed by atoms with Crippen molar-refractivity contribution in [3.8, 4) is 17.0 Å². The Morgan fingerprint density at radius 3 is 2.76 bits per heavy atom. The highest BCUT2D eigenvalue weighted by molar-refractivity contribution is 7.14. The third-order valence-electron chi connectivity index (χ3n) is 5.43. The molecular weight excluding hydrogens is 438 g/mol. The molecule has 1 fully saturated rings. The van der Waals surface area contributed by atoms with Crippen LogP contribution in [0.1, 0.15) is 12.0 Å². The second kappa shape index (κ2) is 11.5. The highest BCUT2D eigenvalue weighted by Crippen LogP contribution is 2.24. The summed E-state index contributed by atoms with van der Waals surface area (Å²) in [7, 11) is 0. The van der Waals surface area contributed by atoms with Gasteiger partial charge in [-0.15, -0.1) is 11.3 Å². The number of pyridine rings is 1. The minimum absolute atomic E-state index is 0.114. The minimum Gasteiger partial charge on any atom is -0.494 e. The maximum absolute atomic E-state index is 12.5. The van der Waals surface area contributed by atoms with Gasteiger partial charge in [-0.05, 0) is 36.2 Å². The number of benzene rings is 1. The lowest BCUT2D eigenvalue weighted by atomic mass is 10.1. The average molecular weight is 466 g/mol. The van der Waals surface area contributed by atoms with Crippen molar-refractivity contribution < 1.29 is 14.3 Å². The van der Waals surface area contributed by atoms with Crippen LogP contribution in [0.2, 0.25) is 0 Å². The summed E-state index contributed by atoms with van der Waals surface area (Å²) in [5, 5.41) is 5.37. The molecule has 4 rings (SSSR count). The number of amides is 2. The maximum Gasteiger partial charge on any atom is 0.230 e. The van der Waals surface area contributed by atoms with Gasteiger partial charge in [0, 0.05) is 56.1 Å². The number of ether oxygens (including phenoxy) is 1. The van der Waals surface area contributed by atoms with E-state index in [2.05, 4.69) is 20.2 Å². The van der Waals surface area contributed by atoms with Crippen molar-refractivity contribution in [3.63, 3.8) is 0 Å². The molecule has 1 aliphatic heterocycles. The molecule has 1 aromatic carbocycles. The quantitative estimate of drug-likeness (QED) is 0.366. The van der Waals surface area contributed by atoms with Crippen LogP contribution in [-0.2, 0) is 16.0 Å². The molecule has 3 aromatic rings. The van der Waals surface area contributed by atoms with Gasteiger partial charge in [0.2, 0.25) is 12.3 Å². The number of rotatable bonds is 10.